The first-order chi connectivity index (χ1) is 11.1. The summed E-state index contributed by atoms with van der Waals surface area (Å²) in [6.45, 7) is 2.18. The van der Waals surface area contributed by atoms with Crippen LogP contribution in [0.1, 0.15) is 15.2 Å². The molecule has 2 heterocycles. The first-order valence-electron chi connectivity index (χ1n) is 7.01. The third-order valence-corrected chi connectivity index (χ3v) is 4.88. The molecule has 0 radical (unpaired) electrons. The summed E-state index contributed by atoms with van der Waals surface area (Å²) in [6, 6.07) is 7.96. The van der Waals surface area contributed by atoms with Gasteiger partial charge in [-0.1, -0.05) is 18.2 Å². The zero-order valence-corrected chi connectivity index (χ0v) is 12.9. The van der Waals surface area contributed by atoms with Crippen molar-refractivity contribution >= 4 is 22.3 Å². The molecule has 1 aliphatic heterocycles. The highest BCUT2D eigenvalue weighted by Gasteiger charge is 2.28. The number of halogens is 1. The lowest BCUT2D eigenvalue weighted by Crippen LogP contribution is -2.36. The largest absolute Gasteiger partial charge is 0.477 e. The van der Waals surface area contributed by atoms with Crippen molar-refractivity contribution in [2.75, 3.05) is 31.2 Å². The molecule has 23 heavy (non-hydrogen) atoms. The highest BCUT2D eigenvalue weighted by atomic mass is 32.1. The van der Waals surface area contributed by atoms with Gasteiger partial charge in [0.2, 0.25) is 0 Å². The van der Waals surface area contributed by atoms with E-state index in [1.807, 2.05) is 4.90 Å². The van der Waals surface area contributed by atoms with Crippen LogP contribution in [0.5, 0.6) is 0 Å². The van der Waals surface area contributed by atoms with Crippen LogP contribution in [0.2, 0.25) is 0 Å². The van der Waals surface area contributed by atoms with E-state index in [2.05, 4.69) is 6.07 Å². The van der Waals surface area contributed by atoms with E-state index >= 15 is 0 Å². The summed E-state index contributed by atoms with van der Waals surface area (Å²) in [5.41, 5.74) is 0.501. The Morgan fingerprint density at radius 1 is 1.35 bits per heavy atom. The van der Waals surface area contributed by atoms with Gasteiger partial charge in [-0.2, -0.15) is 5.26 Å². The van der Waals surface area contributed by atoms with Crippen LogP contribution in [0.15, 0.2) is 24.3 Å². The highest BCUT2D eigenvalue weighted by molar-refractivity contribution is 7.18. The number of hydrogen-bond acceptors (Lipinski definition) is 5. The van der Waals surface area contributed by atoms with Gasteiger partial charge in [-0.25, -0.2) is 9.18 Å². The fourth-order valence-corrected chi connectivity index (χ4v) is 3.74. The molecule has 5 nitrogen and oxygen atoms in total. The maximum Gasteiger partial charge on any atom is 0.346 e. The normalized spacial score (nSPS) is 14.5. The number of carboxylic acid groups (broad SMARTS) is 1. The van der Waals surface area contributed by atoms with Crippen molar-refractivity contribution in [1.29, 1.82) is 5.26 Å². The number of benzene rings is 1. The summed E-state index contributed by atoms with van der Waals surface area (Å²) in [5.74, 6) is -1.71. The van der Waals surface area contributed by atoms with Gasteiger partial charge in [0.25, 0.3) is 0 Å². The van der Waals surface area contributed by atoms with Gasteiger partial charge in [-0.3, -0.25) is 0 Å². The van der Waals surface area contributed by atoms with E-state index in [1.165, 1.54) is 18.2 Å². The minimum absolute atomic E-state index is 0.0202. The van der Waals surface area contributed by atoms with Crippen LogP contribution in [-0.2, 0) is 4.74 Å². The van der Waals surface area contributed by atoms with E-state index < -0.39 is 11.8 Å². The zero-order chi connectivity index (χ0) is 16.4. The van der Waals surface area contributed by atoms with Crippen LogP contribution in [0.25, 0.3) is 11.1 Å². The van der Waals surface area contributed by atoms with Gasteiger partial charge in [0.05, 0.1) is 18.8 Å². The minimum Gasteiger partial charge on any atom is -0.477 e. The molecule has 0 unspecified atom stereocenters. The smallest absolute Gasteiger partial charge is 0.346 e. The van der Waals surface area contributed by atoms with Crippen molar-refractivity contribution < 1.29 is 19.0 Å². The Bertz CT molecular complexity index is 791. The molecular weight excluding hydrogens is 319 g/mol. The van der Waals surface area contributed by atoms with Gasteiger partial charge in [0.1, 0.15) is 21.8 Å². The molecule has 0 atom stereocenters. The minimum atomic E-state index is -1.16. The topological polar surface area (TPSA) is 73.6 Å². The van der Waals surface area contributed by atoms with E-state index in [-0.39, 0.29) is 21.6 Å². The Kier molecular flexibility index (Phi) is 4.28. The van der Waals surface area contributed by atoms with Crippen LogP contribution in [0.3, 0.4) is 0 Å². The third-order valence-electron chi connectivity index (χ3n) is 3.64. The second-order valence-corrected chi connectivity index (χ2v) is 5.98. The van der Waals surface area contributed by atoms with Crippen molar-refractivity contribution in [2.45, 2.75) is 0 Å². The summed E-state index contributed by atoms with van der Waals surface area (Å²) in [7, 11) is 0. The number of nitriles is 1. The van der Waals surface area contributed by atoms with E-state index in [0.717, 1.165) is 11.3 Å². The maximum absolute atomic E-state index is 14.2. The average molecular weight is 332 g/mol. The van der Waals surface area contributed by atoms with Gasteiger partial charge in [-0.05, 0) is 6.07 Å². The molecule has 1 aliphatic rings. The van der Waals surface area contributed by atoms with Gasteiger partial charge in [0, 0.05) is 24.2 Å². The fourth-order valence-electron chi connectivity index (χ4n) is 2.58. The Balaban J connectivity index is 2.21. The summed E-state index contributed by atoms with van der Waals surface area (Å²) < 4.78 is 19.4. The number of aromatic carboxylic acids is 1. The van der Waals surface area contributed by atoms with Crippen LogP contribution >= 0.6 is 11.3 Å². The maximum atomic E-state index is 14.2. The molecule has 7 heteroatoms. The molecular formula is C16H13FN2O3S. The zero-order valence-electron chi connectivity index (χ0n) is 12.1. The lowest BCUT2D eigenvalue weighted by atomic mass is 10.0. The highest BCUT2D eigenvalue weighted by Crippen LogP contribution is 2.42. The Labute approximate surface area is 136 Å². The molecule has 1 N–H and O–H groups in total. The predicted molar refractivity (Wildman–Crippen MR) is 84.4 cm³/mol. The quantitative estimate of drug-likeness (QED) is 0.935. The molecule has 0 spiro atoms. The van der Waals surface area contributed by atoms with E-state index in [1.54, 1.807) is 6.07 Å². The molecule has 2 aromatic rings. The first-order valence-corrected chi connectivity index (χ1v) is 7.83. The Hall–Kier alpha value is -2.43. The van der Waals surface area contributed by atoms with Crippen molar-refractivity contribution in [1.82, 2.24) is 0 Å². The Morgan fingerprint density at radius 3 is 2.65 bits per heavy atom. The summed E-state index contributed by atoms with van der Waals surface area (Å²) in [6.07, 6.45) is 0. The van der Waals surface area contributed by atoms with Gasteiger partial charge >= 0.3 is 5.97 Å². The number of carboxylic acids is 1. The molecule has 0 amide bonds. The second-order valence-electron chi connectivity index (χ2n) is 4.98. The van der Waals surface area contributed by atoms with Gasteiger partial charge in [-0.15, -0.1) is 11.3 Å². The number of carbonyl (C=O) groups is 1. The molecule has 118 valence electrons. The van der Waals surface area contributed by atoms with Crippen LogP contribution < -0.4 is 4.90 Å². The van der Waals surface area contributed by atoms with E-state index in [9.17, 15) is 19.6 Å². The third kappa shape index (κ3) is 2.79. The number of rotatable bonds is 3. The van der Waals surface area contributed by atoms with Crippen LogP contribution in [0.4, 0.5) is 9.39 Å². The molecule has 3 rings (SSSR count). The number of ether oxygens (including phenoxy) is 1. The number of morpholine rings is 1. The molecule has 0 saturated carbocycles. The molecule has 1 saturated heterocycles. The van der Waals surface area contributed by atoms with Crippen LogP contribution in [0, 0.1) is 17.1 Å². The first kappa shape index (κ1) is 15.5. The van der Waals surface area contributed by atoms with Gasteiger partial charge < -0.3 is 14.7 Å². The van der Waals surface area contributed by atoms with Crippen molar-refractivity contribution in [3.05, 3.63) is 40.5 Å². The van der Waals surface area contributed by atoms with Crippen LogP contribution in [-0.4, -0.2) is 37.4 Å². The van der Waals surface area contributed by atoms with E-state index in [4.69, 9.17) is 4.74 Å². The van der Waals surface area contributed by atoms with Crippen molar-refractivity contribution in [2.24, 2.45) is 0 Å². The standard InChI is InChI=1S/C16H13FN2O3S/c17-12-4-2-1-3-10(12)13-11(9-18)15(23-14(13)16(20)21)19-5-7-22-8-6-19/h1-4H,5-8H2,(H,20,21). The molecule has 0 bridgehead atoms. The van der Waals surface area contributed by atoms with Crippen molar-refractivity contribution in [3.63, 3.8) is 0 Å². The number of thiophene rings is 1. The SMILES string of the molecule is N#Cc1c(N2CCOCC2)sc(C(=O)O)c1-c1ccccc1F. The lowest BCUT2D eigenvalue weighted by molar-refractivity contribution is 0.0703. The summed E-state index contributed by atoms with van der Waals surface area (Å²) in [4.78, 5) is 13.5. The monoisotopic (exact) mass is 332 g/mol. The number of hydrogen-bond donors (Lipinski definition) is 1. The second kappa shape index (κ2) is 6.36. The fraction of sp³-hybridized carbons (Fsp3) is 0.250. The predicted octanol–water partition coefficient (Wildman–Crippen LogP) is 2.96. The molecule has 0 aliphatic carbocycles. The number of nitrogens with zero attached hydrogens (tertiary/aromatic N) is 2. The van der Waals surface area contributed by atoms with Gasteiger partial charge in [0.15, 0.2) is 0 Å². The average Bonchev–Trinajstić information content (AvgIpc) is 2.95. The lowest BCUT2D eigenvalue weighted by Gasteiger charge is -2.27. The summed E-state index contributed by atoms with van der Waals surface area (Å²) in [5, 5.41) is 19.6. The van der Waals surface area contributed by atoms with Crippen molar-refractivity contribution in [3.8, 4) is 17.2 Å². The molecule has 1 aromatic heterocycles. The summed E-state index contributed by atoms with van der Waals surface area (Å²) >= 11 is 1.01. The van der Waals surface area contributed by atoms with E-state index in [0.29, 0.717) is 31.3 Å². The molecule has 1 aromatic carbocycles. The Morgan fingerprint density at radius 2 is 2.04 bits per heavy atom. The number of anilines is 1. The molecule has 1 fully saturated rings.